The highest BCUT2D eigenvalue weighted by Crippen LogP contribution is 2.22. The maximum atomic E-state index is 11.4. The second kappa shape index (κ2) is 5.80. The van der Waals surface area contributed by atoms with Gasteiger partial charge in [0.2, 0.25) is 0 Å². The molecule has 5 nitrogen and oxygen atoms in total. The molecule has 0 fully saturated rings. The second-order valence-corrected chi connectivity index (χ2v) is 7.54. The molecule has 3 N–H and O–H groups in total. The molecule has 0 bridgehead atoms. The van der Waals surface area contributed by atoms with Gasteiger partial charge < -0.3 is 11.1 Å². The normalized spacial score (nSPS) is 11.5. The number of benzene rings is 1. The first kappa shape index (κ1) is 14.8. The summed E-state index contributed by atoms with van der Waals surface area (Å²) < 4.78 is 22.8. The third-order valence-electron chi connectivity index (χ3n) is 2.77. The summed E-state index contributed by atoms with van der Waals surface area (Å²) in [6, 6.07) is 4.73. The molecule has 2 aromatic rings. The summed E-state index contributed by atoms with van der Waals surface area (Å²) in [5.41, 5.74) is 8.07. The summed E-state index contributed by atoms with van der Waals surface area (Å²) in [7, 11) is -3.22. The fourth-order valence-electron chi connectivity index (χ4n) is 1.75. The van der Waals surface area contributed by atoms with Crippen LogP contribution in [-0.2, 0) is 16.3 Å². The molecule has 0 unspecified atom stereocenters. The van der Waals surface area contributed by atoms with Crippen LogP contribution >= 0.6 is 11.3 Å². The van der Waals surface area contributed by atoms with Crippen LogP contribution in [0, 0.1) is 6.92 Å². The number of sulfone groups is 1. The van der Waals surface area contributed by atoms with E-state index in [1.807, 2.05) is 12.3 Å². The first-order valence-electron chi connectivity index (χ1n) is 6.11. The third kappa shape index (κ3) is 3.71. The van der Waals surface area contributed by atoms with Crippen LogP contribution in [0.25, 0.3) is 0 Å². The maximum Gasteiger partial charge on any atom is 0.175 e. The van der Waals surface area contributed by atoms with Crippen LogP contribution in [0.15, 0.2) is 28.5 Å². The van der Waals surface area contributed by atoms with Crippen molar-refractivity contribution in [2.45, 2.75) is 18.2 Å². The summed E-state index contributed by atoms with van der Waals surface area (Å²) >= 11 is 1.63. The molecule has 1 heterocycles. The molecule has 108 valence electrons. The van der Waals surface area contributed by atoms with Crippen molar-refractivity contribution in [3.8, 4) is 0 Å². The van der Waals surface area contributed by atoms with E-state index in [4.69, 9.17) is 5.73 Å². The standard InChI is InChI=1S/C13H17N3O2S2/c1-9-8-19-13(16-9)5-6-15-12-4-3-10(7-11(12)14)20(2,17)18/h3-4,7-8,15H,5-6,14H2,1-2H3. The zero-order chi connectivity index (χ0) is 14.8. The summed E-state index contributed by atoms with van der Waals surface area (Å²) in [5.74, 6) is 0. The Bertz CT molecular complexity index is 708. The largest absolute Gasteiger partial charge is 0.397 e. The molecule has 20 heavy (non-hydrogen) atoms. The molecule has 1 aromatic heterocycles. The summed E-state index contributed by atoms with van der Waals surface area (Å²) in [4.78, 5) is 4.61. The van der Waals surface area contributed by atoms with E-state index in [2.05, 4.69) is 10.3 Å². The average Bonchev–Trinajstić information content (AvgIpc) is 2.76. The molecule has 7 heteroatoms. The highest BCUT2D eigenvalue weighted by Gasteiger charge is 2.09. The Balaban J connectivity index is 2.00. The van der Waals surface area contributed by atoms with E-state index in [0.29, 0.717) is 12.2 Å². The number of hydrogen-bond donors (Lipinski definition) is 2. The Kier molecular flexibility index (Phi) is 4.29. The van der Waals surface area contributed by atoms with E-state index in [0.717, 1.165) is 22.8 Å². The summed E-state index contributed by atoms with van der Waals surface area (Å²) in [6.45, 7) is 2.67. The molecule has 0 amide bonds. The molecule has 1 aromatic carbocycles. The minimum atomic E-state index is -3.22. The summed E-state index contributed by atoms with van der Waals surface area (Å²) in [6.07, 6.45) is 1.98. The number of thiazole rings is 1. The van der Waals surface area contributed by atoms with Crippen molar-refractivity contribution < 1.29 is 8.42 Å². The number of nitrogens with one attached hydrogen (secondary N) is 1. The van der Waals surface area contributed by atoms with Gasteiger partial charge in [-0.3, -0.25) is 0 Å². The molecule has 0 spiro atoms. The van der Waals surface area contributed by atoms with Crippen molar-refractivity contribution in [1.29, 1.82) is 0 Å². The lowest BCUT2D eigenvalue weighted by Crippen LogP contribution is -2.08. The van der Waals surface area contributed by atoms with E-state index >= 15 is 0 Å². The highest BCUT2D eigenvalue weighted by molar-refractivity contribution is 7.90. The van der Waals surface area contributed by atoms with Crippen LogP contribution < -0.4 is 11.1 Å². The number of anilines is 2. The number of nitrogens with zero attached hydrogens (tertiary/aromatic N) is 1. The van der Waals surface area contributed by atoms with Crippen LogP contribution in [0.2, 0.25) is 0 Å². The van der Waals surface area contributed by atoms with E-state index in [-0.39, 0.29) is 4.90 Å². The van der Waals surface area contributed by atoms with Crippen LogP contribution in [0.3, 0.4) is 0 Å². The number of aryl methyl sites for hydroxylation is 1. The Morgan fingerprint density at radius 1 is 1.40 bits per heavy atom. The first-order chi connectivity index (χ1) is 9.36. The molecule has 0 atom stereocenters. The van der Waals surface area contributed by atoms with Crippen molar-refractivity contribution in [3.63, 3.8) is 0 Å². The van der Waals surface area contributed by atoms with Crippen molar-refractivity contribution in [2.75, 3.05) is 23.9 Å². The van der Waals surface area contributed by atoms with Gasteiger partial charge in [-0.25, -0.2) is 13.4 Å². The highest BCUT2D eigenvalue weighted by atomic mass is 32.2. The molecule has 0 aliphatic carbocycles. The van der Waals surface area contributed by atoms with Gasteiger partial charge in [-0.1, -0.05) is 0 Å². The molecular weight excluding hydrogens is 294 g/mol. The van der Waals surface area contributed by atoms with E-state index in [1.165, 1.54) is 12.3 Å². The predicted octanol–water partition coefficient (Wildman–Crippen LogP) is 2.09. The molecule has 0 aliphatic heterocycles. The molecule has 0 aliphatic rings. The van der Waals surface area contributed by atoms with E-state index in [9.17, 15) is 8.42 Å². The lowest BCUT2D eigenvalue weighted by Gasteiger charge is -2.09. The van der Waals surface area contributed by atoms with E-state index < -0.39 is 9.84 Å². The Morgan fingerprint density at radius 3 is 2.70 bits per heavy atom. The van der Waals surface area contributed by atoms with Crippen molar-refractivity contribution >= 4 is 32.5 Å². The zero-order valence-corrected chi connectivity index (χ0v) is 13.0. The first-order valence-corrected chi connectivity index (χ1v) is 8.88. The number of nitrogens with two attached hydrogens (primary N) is 1. The van der Waals surface area contributed by atoms with Gasteiger partial charge in [-0.15, -0.1) is 11.3 Å². The van der Waals surface area contributed by atoms with Gasteiger partial charge >= 0.3 is 0 Å². The lowest BCUT2D eigenvalue weighted by atomic mass is 10.2. The number of hydrogen-bond acceptors (Lipinski definition) is 6. The van der Waals surface area contributed by atoms with Gasteiger partial charge in [0, 0.05) is 30.3 Å². The third-order valence-corrected chi connectivity index (χ3v) is 4.91. The van der Waals surface area contributed by atoms with Gasteiger partial charge in [-0.2, -0.15) is 0 Å². The number of aromatic nitrogens is 1. The number of nitrogen functional groups attached to an aromatic ring is 1. The van der Waals surface area contributed by atoms with Crippen LogP contribution in [0.4, 0.5) is 11.4 Å². The predicted molar refractivity (Wildman–Crippen MR) is 83.0 cm³/mol. The Morgan fingerprint density at radius 2 is 2.15 bits per heavy atom. The zero-order valence-electron chi connectivity index (χ0n) is 11.4. The maximum absolute atomic E-state index is 11.4. The fourth-order valence-corrected chi connectivity index (χ4v) is 3.19. The molecular formula is C13H17N3O2S2. The average molecular weight is 311 g/mol. The second-order valence-electron chi connectivity index (χ2n) is 4.58. The molecule has 0 saturated heterocycles. The van der Waals surface area contributed by atoms with Crippen molar-refractivity contribution in [1.82, 2.24) is 4.98 Å². The van der Waals surface area contributed by atoms with Crippen LogP contribution in [0.1, 0.15) is 10.7 Å². The smallest absolute Gasteiger partial charge is 0.175 e. The Hall–Kier alpha value is -1.60. The number of rotatable bonds is 5. The van der Waals surface area contributed by atoms with Gasteiger partial charge in [0.1, 0.15) is 0 Å². The van der Waals surface area contributed by atoms with Gasteiger partial charge in [0.25, 0.3) is 0 Å². The topological polar surface area (TPSA) is 85.1 Å². The monoisotopic (exact) mass is 311 g/mol. The van der Waals surface area contributed by atoms with Gasteiger partial charge in [0.05, 0.1) is 21.3 Å². The minimum Gasteiger partial charge on any atom is -0.397 e. The summed E-state index contributed by atoms with van der Waals surface area (Å²) in [5, 5.41) is 6.29. The van der Waals surface area contributed by atoms with Gasteiger partial charge in [0.15, 0.2) is 9.84 Å². The molecule has 2 rings (SSSR count). The van der Waals surface area contributed by atoms with Crippen LogP contribution in [0.5, 0.6) is 0 Å². The van der Waals surface area contributed by atoms with Crippen molar-refractivity contribution in [3.05, 3.63) is 34.3 Å². The Labute approximate surface area is 122 Å². The quantitative estimate of drug-likeness (QED) is 0.826. The van der Waals surface area contributed by atoms with Gasteiger partial charge in [-0.05, 0) is 25.1 Å². The lowest BCUT2D eigenvalue weighted by molar-refractivity contribution is 0.602. The molecule has 0 saturated carbocycles. The van der Waals surface area contributed by atoms with Crippen LogP contribution in [-0.4, -0.2) is 26.2 Å². The molecule has 0 radical (unpaired) electrons. The van der Waals surface area contributed by atoms with E-state index in [1.54, 1.807) is 23.5 Å². The van der Waals surface area contributed by atoms with Crippen molar-refractivity contribution in [2.24, 2.45) is 0 Å². The minimum absolute atomic E-state index is 0.232. The fraction of sp³-hybridized carbons (Fsp3) is 0.308. The SMILES string of the molecule is Cc1csc(CCNc2ccc(S(C)(=O)=O)cc2N)n1.